The normalized spacial score (nSPS) is 12.3. The van der Waals surface area contributed by atoms with Crippen LogP contribution in [0.5, 0.6) is 0 Å². The third kappa shape index (κ3) is 4.26. The van der Waals surface area contributed by atoms with Gasteiger partial charge in [-0.15, -0.1) is 0 Å². The maximum atomic E-state index is 9.78. The second-order valence-electron chi connectivity index (χ2n) is 5.85. The summed E-state index contributed by atoms with van der Waals surface area (Å²) in [5.74, 6) is 0.674. The van der Waals surface area contributed by atoms with Gasteiger partial charge in [0, 0.05) is 19.6 Å². The average Bonchev–Trinajstić information content (AvgIpc) is 2.68. The van der Waals surface area contributed by atoms with Crippen LogP contribution in [0, 0.1) is 6.92 Å². The Morgan fingerprint density at radius 3 is 2.76 bits per heavy atom. The average molecular weight is 313 g/mol. The minimum atomic E-state index is -0.707. The van der Waals surface area contributed by atoms with E-state index in [0.717, 1.165) is 17.6 Å². The number of aromatic amines is 1. The first-order valence-corrected chi connectivity index (χ1v) is 7.17. The third-order valence-corrected chi connectivity index (χ3v) is 3.18. The van der Waals surface area contributed by atoms with Gasteiger partial charge in [0.15, 0.2) is 5.65 Å². The van der Waals surface area contributed by atoms with E-state index in [4.69, 9.17) is 11.6 Å². The van der Waals surface area contributed by atoms with Crippen molar-refractivity contribution in [3.8, 4) is 0 Å². The standard InChI is InChI=1S/C13H21ClN6O/c1-8-9-10(16-12(14)17-11(9)19-18-8)15-5-6-20(4)7-13(2,3)21/h21H,5-7H2,1-4H3,(H2,15,16,17,18,19). The second-order valence-corrected chi connectivity index (χ2v) is 6.19. The van der Waals surface area contributed by atoms with Gasteiger partial charge < -0.3 is 15.3 Å². The van der Waals surface area contributed by atoms with Gasteiger partial charge in [-0.1, -0.05) is 0 Å². The molecule has 0 fully saturated rings. The topological polar surface area (TPSA) is 90.0 Å². The van der Waals surface area contributed by atoms with Crippen molar-refractivity contribution in [3.63, 3.8) is 0 Å². The Balaban J connectivity index is 2.02. The third-order valence-electron chi connectivity index (χ3n) is 3.02. The van der Waals surface area contributed by atoms with Gasteiger partial charge in [-0.05, 0) is 39.4 Å². The first-order valence-electron chi connectivity index (χ1n) is 6.79. The molecule has 2 aromatic heterocycles. The highest BCUT2D eigenvalue weighted by Crippen LogP contribution is 2.23. The fourth-order valence-electron chi connectivity index (χ4n) is 2.28. The molecule has 2 aromatic rings. The lowest BCUT2D eigenvalue weighted by molar-refractivity contribution is 0.0458. The van der Waals surface area contributed by atoms with E-state index in [9.17, 15) is 5.11 Å². The number of halogens is 1. The molecule has 7 nitrogen and oxygen atoms in total. The molecular weight excluding hydrogens is 292 g/mol. The summed E-state index contributed by atoms with van der Waals surface area (Å²) in [6.45, 7) is 7.52. The van der Waals surface area contributed by atoms with E-state index >= 15 is 0 Å². The molecule has 0 radical (unpaired) electrons. The van der Waals surface area contributed by atoms with Gasteiger partial charge in [-0.2, -0.15) is 15.1 Å². The Morgan fingerprint density at radius 1 is 1.38 bits per heavy atom. The van der Waals surface area contributed by atoms with E-state index in [2.05, 4.69) is 30.4 Å². The molecule has 0 aliphatic rings. The zero-order valence-corrected chi connectivity index (χ0v) is 13.5. The smallest absolute Gasteiger partial charge is 0.226 e. The molecule has 2 heterocycles. The lowest BCUT2D eigenvalue weighted by Gasteiger charge is -2.25. The summed E-state index contributed by atoms with van der Waals surface area (Å²) >= 11 is 5.91. The number of aliphatic hydroxyl groups is 1. The maximum Gasteiger partial charge on any atom is 0.226 e. The van der Waals surface area contributed by atoms with Crippen LogP contribution in [0.2, 0.25) is 5.28 Å². The predicted molar refractivity (Wildman–Crippen MR) is 83.7 cm³/mol. The highest BCUT2D eigenvalue weighted by molar-refractivity contribution is 6.28. The van der Waals surface area contributed by atoms with Crippen LogP contribution in [-0.4, -0.2) is 62.5 Å². The highest BCUT2D eigenvalue weighted by Gasteiger charge is 2.16. The summed E-state index contributed by atoms with van der Waals surface area (Å²) in [6.07, 6.45) is 0. The van der Waals surface area contributed by atoms with Crippen molar-refractivity contribution >= 4 is 28.5 Å². The molecule has 0 unspecified atom stereocenters. The van der Waals surface area contributed by atoms with E-state index in [1.807, 2.05) is 14.0 Å². The number of rotatable bonds is 6. The summed E-state index contributed by atoms with van der Waals surface area (Å²) in [6, 6.07) is 0. The molecule has 0 saturated carbocycles. The molecular formula is C13H21ClN6O. The van der Waals surface area contributed by atoms with Crippen LogP contribution in [0.15, 0.2) is 0 Å². The number of nitrogens with zero attached hydrogens (tertiary/aromatic N) is 4. The highest BCUT2D eigenvalue weighted by atomic mass is 35.5. The number of aryl methyl sites for hydroxylation is 1. The van der Waals surface area contributed by atoms with Crippen molar-refractivity contribution in [3.05, 3.63) is 11.0 Å². The number of fused-ring (bicyclic) bond motifs is 1. The molecule has 0 bridgehead atoms. The largest absolute Gasteiger partial charge is 0.389 e. The first kappa shape index (κ1) is 15.9. The summed E-state index contributed by atoms with van der Waals surface area (Å²) in [5, 5.41) is 21.0. The first-order chi connectivity index (χ1) is 9.76. The van der Waals surface area contributed by atoms with Gasteiger partial charge >= 0.3 is 0 Å². The summed E-state index contributed by atoms with van der Waals surface area (Å²) in [5.41, 5.74) is 0.746. The number of hydrogen-bond acceptors (Lipinski definition) is 6. The van der Waals surface area contributed by atoms with Gasteiger partial charge in [-0.3, -0.25) is 5.10 Å². The predicted octanol–water partition coefficient (Wildman–Crippen LogP) is 1.43. The van der Waals surface area contributed by atoms with Crippen LogP contribution < -0.4 is 5.32 Å². The molecule has 0 saturated heterocycles. The van der Waals surface area contributed by atoms with E-state index in [0.29, 0.717) is 24.6 Å². The number of likely N-dealkylation sites (N-methyl/N-ethyl adjacent to an activating group) is 1. The van der Waals surface area contributed by atoms with Crippen LogP contribution >= 0.6 is 11.6 Å². The van der Waals surface area contributed by atoms with Crippen LogP contribution in [0.1, 0.15) is 19.5 Å². The van der Waals surface area contributed by atoms with E-state index in [-0.39, 0.29) is 5.28 Å². The Kier molecular flexibility index (Phi) is 4.65. The molecule has 2 rings (SSSR count). The Morgan fingerprint density at radius 2 is 2.10 bits per heavy atom. The minimum Gasteiger partial charge on any atom is -0.389 e. The van der Waals surface area contributed by atoms with Crippen LogP contribution in [0.3, 0.4) is 0 Å². The molecule has 0 spiro atoms. The van der Waals surface area contributed by atoms with Crippen LogP contribution in [0.25, 0.3) is 11.0 Å². The van der Waals surface area contributed by atoms with Crippen LogP contribution in [-0.2, 0) is 0 Å². The molecule has 0 aliphatic carbocycles. The Labute approximate surface area is 128 Å². The number of aromatic nitrogens is 4. The fourth-order valence-corrected chi connectivity index (χ4v) is 2.45. The van der Waals surface area contributed by atoms with Crippen molar-refractivity contribution in [2.24, 2.45) is 0 Å². The Bertz CT molecular complexity index is 621. The van der Waals surface area contributed by atoms with E-state index in [1.165, 1.54) is 0 Å². The number of anilines is 1. The van der Waals surface area contributed by atoms with E-state index in [1.54, 1.807) is 13.8 Å². The monoisotopic (exact) mass is 312 g/mol. The molecule has 8 heteroatoms. The number of nitrogens with one attached hydrogen (secondary N) is 2. The zero-order chi connectivity index (χ0) is 15.6. The number of hydrogen-bond donors (Lipinski definition) is 3. The molecule has 0 aromatic carbocycles. The van der Waals surface area contributed by atoms with Crippen LogP contribution in [0.4, 0.5) is 5.82 Å². The van der Waals surface area contributed by atoms with Crippen molar-refractivity contribution in [1.82, 2.24) is 25.1 Å². The van der Waals surface area contributed by atoms with Crippen molar-refractivity contribution < 1.29 is 5.11 Å². The minimum absolute atomic E-state index is 0.179. The maximum absolute atomic E-state index is 9.78. The molecule has 3 N–H and O–H groups in total. The van der Waals surface area contributed by atoms with Gasteiger partial charge in [0.25, 0.3) is 0 Å². The number of H-pyrrole nitrogens is 1. The molecule has 116 valence electrons. The van der Waals surface area contributed by atoms with Gasteiger partial charge in [-0.25, -0.2) is 0 Å². The van der Waals surface area contributed by atoms with Gasteiger partial charge in [0.1, 0.15) is 5.82 Å². The molecule has 21 heavy (non-hydrogen) atoms. The van der Waals surface area contributed by atoms with Gasteiger partial charge in [0.2, 0.25) is 5.28 Å². The van der Waals surface area contributed by atoms with Crippen molar-refractivity contribution in [2.75, 3.05) is 32.0 Å². The Hall–Kier alpha value is -1.44. The summed E-state index contributed by atoms with van der Waals surface area (Å²) in [7, 11) is 1.96. The molecule has 0 amide bonds. The second kappa shape index (κ2) is 6.13. The summed E-state index contributed by atoms with van der Waals surface area (Å²) < 4.78 is 0. The fraction of sp³-hybridized carbons (Fsp3) is 0.615. The lowest BCUT2D eigenvalue weighted by atomic mass is 10.1. The summed E-state index contributed by atoms with van der Waals surface area (Å²) in [4.78, 5) is 10.4. The van der Waals surface area contributed by atoms with E-state index < -0.39 is 5.60 Å². The molecule has 0 atom stereocenters. The van der Waals surface area contributed by atoms with Crippen molar-refractivity contribution in [1.29, 1.82) is 0 Å². The SMILES string of the molecule is Cc1n[nH]c2nc(Cl)nc(NCCN(C)CC(C)(C)O)c12. The lowest BCUT2D eigenvalue weighted by Crippen LogP contribution is -2.38. The molecule has 0 aliphatic heterocycles. The zero-order valence-electron chi connectivity index (χ0n) is 12.7. The quantitative estimate of drug-likeness (QED) is 0.699. The van der Waals surface area contributed by atoms with Gasteiger partial charge in [0.05, 0.1) is 16.7 Å². The van der Waals surface area contributed by atoms with Crippen molar-refractivity contribution in [2.45, 2.75) is 26.4 Å².